The van der Waals surface area contributed by atoms with Crippen LogP contribution in [0.1, 0.15) is 160 Å². The van der Waals surface area contributed by atoms with Crippen LogP contribution in [0.3, 0.4) is 0 Å². The normalized spacial score (nSPS) is 25.6. The highest BCUT2D eigenvalue weighted by molar-refractivity contribution is 6.00. The van der Waals surface area contributed by atoms with Gasteiger partial charge in [0.15, 0.2) is 0 Å². The summed E-state index contributed by atoms with van der Waals surface area (Å²) in [5, 5.41) is 35.0. The van der Waals surface area contributed by atoms with Gasteiger partial charge in [0.1, 0.15) is 72.6 Å². The van der Waals surface area contributed by atoms with Crippen molar-refractivity contribution in [2.24, 2.45) is 47.3 Å². The highest BCUT2D eigenvalue weighted by atomic mass is 16.5. The number of amides is 11. The molecule has 0 bridgehead atoms. The van der Waals surface area contributed by atoms with Gasteiger partial charge in [-0.15, -0.1) is 0 Å². The van der Waals surface area contributed by atoms with Crippen LogP contribution >= 0.6 is 0 Å². The standard InChI is InChI=1S/C77H121N13O14/c1-40(2)36-55-67(93)83-61(45(11)12)74(100)90(21)65(50-32-26-23-27-33-50)76(102)88(19)56(38-51-39-79-53-35-29-28-34-52(51)53)68(94)81-58(42(5)6)70(96)80-54(37-49-30-24-22-25-31-49)66(92)85-62(46(13)14)77(103)104-48(16)63(86-71(97)59(43(7)8)82-69(95)57(78-17)41(3)4)75(101)89(20)64(47(15)91)72(98)84-60(44(9)10)73(99)87(55)18/h22,24-25,28-31,34-35,39-48,50,54-65,78-79,91H,23,26-27,32-33,36-38H2,1-21H3,(H,80,96)(H,81,94)(H,82,95)(H,83,93)(H,84,98)(H,85,92)(H,86,97)/t47-,48-,54+,55+,56+,57+,58+,59+,60+,61+,62+,63+,64+,65+/m1/s1. The summed E-state index contributed by atoms with van der Waals surface area (Å²) >= 11 is 0. The summed E-state index contributed by atoms with van der Waals surface area (Å²) in [6, 6.07) is -0.319. The molecule has 1 aliphatic carbocycles. The molecule has 5 rings (SSSR count). The molecular formula is C77H121N13O14. The van der Waals surface area contributed by atoms with Crippen molar-refractivity contribution in [1.29, 1.82) is 0 Å². The van der Waals surface area contributed by atoms with Crippen molar-refractivity contribution >= 4 is 81.9 Å². The van der Waals surface area contributed by atoms with Crippen molar-refractivity contribution in [3.05, 3.63) is 71.9 Å². The molecule has 27 nitrogen and oxygen atoms in total. The third-order valence-electron chi connectivity index (χ3n) is 20.3. The molecule has 1 saturated heterocycles. The number of fused-ring (bicyclic) bond motifs is 1. The zero-order chi connectivity index (χ0) is 78.0. The first-order valence-corrected chi connectivity index (χ1v) is 37.1. The number of H-pyrrole nitrogens is 1. The molecule has 1 aliphatic heterocycles. The number of carbonyl (C=O) groups is 12. The predicted octanol–water partition coefficient (Wildman–Crippen LogP) is 4.13. The molecule has 27 heteroatoms. The topological polar surface area (TPSA) is 359 Å². The summed E-state index contributed by atoms with van der Waals surface area (Å²) in [6.45, 7) is 26.6. The molecule has 1 saturated carbocycles. The highest BCUT2D eigenvalue weighted by Crippen LogP contribution is 2.32. The maximum Gasteiger partial charge on any atom is 0.329 e. The number of para-hydroxylation sites is 1. The minimum Gasteiger partial charge on any atom is -0.458 e. The Morgan fingerprint density at radius 3 is 1.59 bits per heavy atom. The first kappa shape index (κ1) is 86.2. The molecule has 0 radical (unpaired) electrons. The Labute approximate surface area is 615 Å². The zero-order valence-electron chi connectivity index (χ0n) is 65.2. The van der Waals surface area contributed by atoms with E-state index in [4.69, 9.17) is 4.74 Å². The van der Waals surface area contributed by atoms with Crippen LogP contribution in [-0.2, 0) is 75.1 Å². The lowest BCUT2D eigenvalue weighted by atomic mass is 9.82. The SMILES string of the molecule is CN[C@H](C(=O)N[C@H](C(=O)N[C@@H]1C(=O)N(C)[C@@H]([C@@H](C)O)C(=O)N[C@@H](C(C)C)C(=O)N(C)[C@@H](CC(C)C)C(=O)N[C@@H](C(C)C)C(=O)N(C)[C@@H](C2CCCCC2)C(=O)N(C)[C@@H](Cc2c[nH]c3ccccc23)C(=O)N[C@@H](C(C)C)C(=O)N[C@@H](Cc2ccccc2)C(=O)N[C@@H](C(C)C)C(=O)O[C@@H]1C)C(C)C)C(C)C. The summed E-state index contributed by atoms with van der Waals surface area (Å²) in [4.78, 5) is 189. The maximum atomic E-state index is 15.9. The van der Waals surface area contributed by atoms with E-state index in [0.717, 1.165) is 35.1 Å². The van der Waals surface area contributed by atoms with Gasteiger partial charge in [0.2, 0.25) is 65.0 Å². The number of hydrogen-bond donors (Lipinski definition) is 10. The lowest BCUT2D eigenvalue weighted by Gasteiger charge is -2.41. The van der Waals surface area contributed by atoms with Gasteiger partial charge in [-0.25, -0.2) is 4.79 Å². The molecule has 2 aliphatic rings. The number of ether oxygens (including phenoxy) is 1. The van der Waals surface area contributed by atoms with Crippen LogP contribution in [0.25, 0.3) is 10.9 Å². The van der Waals surface area contributed by atoms with Crippen molar-refractivity contribution in [3.63, 3.8) is 0 Å². The first-order chi connectivity index (χ1) is 48.7. The minimum absolute atomic E-state index is 0.0645. The summed E-state index contributed by atoms with van der Waals surface area (Å²) in [7, 11) is 7.17. The molecule has 11 amide bonds. The number of rotatable bonds is 19. The monoisotopic (exact) mass is 1450 g/mol. The number of aliphatic hydroxyl groups is 1. The van der Waals surface area contributed by atoms with Gasteiger partial charge in [0.25, 0.3) is 0 Å². The van der Waals surface area contributed by atoms with Crippen LogP contribution in [0, 0.1) is 47.3 Å². The first-order valence-electron chi connectivity index (χ1n) is 37.1. The Morgan fingerprint density at radius 2 is 1.05 bits per heavy atom. The zero-order valence-corrected chi connectivity index (χ0v) is 65.2. The second-order valence-electron chi connectivity index (χ2n) is 31.1. The lowest BCUT2D eigenvalue weighted by Crippen LogP contribution is -2.65. The number of hydrogen-bond acceptors (Lipinski definition) is 15. The van der Waals surface area contributed by atoms with Gasteiger partial charge in [0.05, 0.1) is 12.1 Å². The smallest absolute Gasteiger partial charge is 0.329 e. The third-order valence-corrected chi connectivity index (χ3v) is 20.3. The van der Waals surface area contributed by atoms with E-state index in [1.165, 1.54) is 56.7 Å². The van der Waals surface area contributed by atoms with Gasteiger partial charge >= 0.3 is 5.97 Å². The number of benzene rings is 2. The van der Waals surface area contributed by atoms with Crippen LogP contribution < -0.4 is 42.5 Å². The van der Waals surface area contributed by atoms with E-state index < -0.39 is 191 Å². The van der Waals surface area contributed by atoms with Crippen LogP contribution in [0.4, 0.5) is 0 Å². The second-order valence-corrected chi connectivity index (χ2v) is 31.1. The van der Waals surface area contributed by atoms with Gasteiger partial charge in [-0.2, -0.15) is 0 Å². The molecule has 2 aromatic carbocycles. The van der Waals surface area contributed by atoms with Gasteiger partial charge in [-0.1, -0.05) is 165 Å². The van der Waals surface area contributed by atoms with Gasteiger partial charge < -0.3 is 77.0 Å². The highest BCUT2D eigenvalue weighted by Gasteiger charge is 2.47. The van der Waals surface area contributed by atoms with E-state index in [0.29, 0.717) is 24.0 Å². The molecule has 1 aromatic heterocycles. The molecule has 14 atom stereocenters. The van der Waals surface area contributed by atoms with Gasteiger partial charge in [-0.3, -0.25) is 52.7 Å². The molecule has 0 spiro atoms. The second kappa shape index (κ2) is 39.1. The lowest BCUT2D eigenvalue weighted by molar-refractivity contribution is -0.160. The van der Waals surface area contributed by atoms with Crippen LogP contribution in [0.5, 0.6) is 0 Å². The van der Waals surface area contributed by atoms with Crippen molar-refractivity contribution < 1.29 is 67.4 Å². The Balaban J connectivity index is 1.75. The molecule has 2 fully saturated rings. The summed E-state index contributed by atoms with van der Waals surface area (Å²) in [6.07, 6.45) is 1.81. The number of nitrogens with one attached hydrogen (secondary N) is 9. The van der Waals surface area contributed by atoms with Gasteiger partial charge in [-0.05, 0) is 105 Å². The summed E-state index contributed by atoms with van der Waals surface area (Å²) in [5.41, 5.74) is 2.03. The van der Waals surface area contributed by atoms with E-state index in [2.05, 4.69) is 47.5 Å². The molecule has 0 unspecified atom stereocenters. The number of cyclic esters (lactones) is 1. The van der Waals surface area contributed by atoms with Crippen molar-refractivity contribution in [3.8, 4) is 0 Å². The Hall–Kier alpha value is -8.46. The number of carbonyl (C=O) groups excluding carboxylic acids is 12. The van der Waals surface area contributed by atoms with E-state index in [9.17, 15) is 24.3 Å². The molecule has 578 valence electrons. The summed E-state index contributed by atoms with van der Waals surface area (Å²) in [5.74, 6) is -13.8. The van der Waals surface area contributed by atoms with E-state index in [1.807, 2.05) is 52.0 Å². The molecule has 10 N–H and O–H groups in total. The average molecular weight is 1450 g/mol. The van der Waals surface area contributed by atoms with E-state index in [-0.39, 0.29) is 31.1 Å². The fourth-order valence-corrected chi connectivity index (χ4v) is 14.0. The molecular weight excluding hydrogens is 1330 g/mol. The van der Waals surface area contributed by atoms with Crippen molar-refractivity contribution in [1.82, 2.24) is 67.1 Å². The fourth-order valence-electron chi connectivity index (χ4n) is 14.0. The minimum atomic E-state index is -1.89. The average Bonchev–Trinajstić information content (AvgIpc) is 1.29. The van der Waals surface area contributed by atoms with Crippen LogP contribution in [-0.4, -0.2) is 221 Å². The number of aliphatic hydroxyl groups excluding tert-OH is 1. The summed E-state index contributed by atoms with van der Waals surface area (Å²) < 4.78 is 6.11. The van der Waals surface area contributed by atoms with Crippen molar-refractivity contribution in [2.75, 3.05) is 35.2 Å². The van der Waals surface area contributed by atoms with E-state index >= 15 is 38.4 Å². The number of aromatic nitrogens is 1. The maximum absolute atomic E-state index is 15.9. The van der Waals surface area contributed by atoms with Crippen molar-refractivity contribution in [2.45, 2.75) is 247 Å². The fraction of sp³-hybridized carbons (Fsp3) is 0.662. The predicted molar refractivity (Wildman–Crippen MR) is 397 cm³/mol. The number of aromatic amines is 1. The number of likely N-dealkylation sites (N-methyl/N-ethyl adjacent to an activating group) is 5. The largest absolute Gasteiger partial charge is 0.458 e. The Bertz CT molecular complexity index is 3440. The van der Waals surface area contributed by atoms with Crippen LogP contribution in [0.2, 0.25) is 0 Å². The quantitative estimate of drug-likeness (QED) is 0.0755. The van der Waals surface area contributed by atoms with Crippen LogP contribution in [0.15, 0.2) is 60.8 Å². The van der Waals surface area contributed by atoms with Gasteiger partial charge in [0, 0.05) is 58.1 Å². The number of nitrogens with zero attached hydrogens (tertiary/aromatic N) is 4. The molecule has 2 heterocycles. The Kier molecular flexibility index (Phi) is 32.4. The Morgan fingerprint density at radius 1 is 0.538 bits per heavy atom. The number of esters is 1. The molecule has 104 heavy (non-hydrogen) atoms. The molecule has 3 aromatic rings. The third kappa shape index (κ3) is 22.3. The van der Waals surface area contributed by atoms with E-state index in [1.54, 1.807) is 113 Å².